The van der Waals surface area contributed by atoms with Gasteiger partial charge in [-0.2, -0.15) is 0 Å². The number of hydrogen-bond donors (Lipinski definition) is 1. The van der Waals surface area contributed by atoms with Gasteiger partial charge in [-0.15, -0.1) is 0 Å². The molecule has 4 heteroatoms. The van der Waals surface area contributed by atoms with E-state index in [-0.39, 0.29) is 5.41 Å². The van der Waals surface area contributed by atoms with Crippen molar-refractivity contribution in [1.29, 1.82) is 0 Å². The number of nitrogens with zero attached hydrogens (tertiary/aromatic N) is 3. The van der Waals surface area contributed by atoms with Crippen molar-refractivity contribution in [2.45, 2.75) is 26.2 Å². The highest BCUT2D eigenvalue weighted by atomic mass is 15.2. The van der Waals surface area contributed by atoms with Gasteiger partial charge in [0.2, 0.25) is 0 Å². The summed E-state index contributed by atoms with van der Waals surface area (Å²) in [4.78, 5) is 7.09. The van der Waals surface area contributed by atoms with E-state index in [1.807, 2.05) is 6.20 Å². The summed E-state index contributed by atoms with van der Waals surface area (Å²) in [6.45, 7) is 10.9. The van der Waals surface area contributed by atoms with E-state index in [0.29, 0.717) is 0 Å². The van der Waals surface area contributed by atoms with Crippen LogP contribution in [0.1, 0.15) is 26.6 Å². The van der Waals surface area contributed by atoms with E-state index in [9.17, 15) is 0 Å². The Morgan fingerprint density at radius 1 is 1.21 bits per heavy atom. The molecular formula is C15H22N4. The van der Waals surface area contributed by atoms with Gasteiger partial charge < -0.3 is 14.6 Å². The number of fused-ring (bicyclic) bond motifs is 1. The van der Waals surface area contributed by atoms with Crippen LogP contribution in [0.4, 0.5) is 5.69 Å². The molecule has 0 atom stereocenters. The molecule has 19 heavy (non-hydrogen) atoms. The van der Waals surface area contributed by atoms with Gasteiger partial charge >= 0.3 is 0 Å². The van der Waals surface area contributed by atoms with Gasteiger partial charge in [-0.3, -0.25) is 0 Å². The highest BCUT2D eigenvalue weighted by Crippen LogP contribution is 2.27. The van der Waals surface area contributed by atoms with Gasteiger partial charge in [-0.25, -0.2) is 4.98 Å². The third-order valence-corrected chi connectivity index (χ3v) is 3.68. The van der Waals surface area contributed by atoms with Crippen molar-refractivity contribution < 1.29 is 0 Å². The molecule has 1 aliphatic heterocycles. The van der Waals surface area contributed by atoms with Crippen molar-refractivity contribution in [2.24, 2.45) is 0 Å². The second-order valence-corrected chi connectivity index (χ2v) is 6.22. The van der Waals surface area contributed by atoms with E-state index in [4.69, 9.17) is 0 Å². The molecule has 0 amide bonds. The van der Waals surface area contributed by atoms with Gasteiger partial charge in [0.05, 0.1) is 17.4 Å². The van der Waals surface area contributed by atoms with Gasteiger partial charge in [0.15, 0.2) is 0 Å². The lowest BCUT2D eigenvalue weighted by molar-refractivity contribution is 0.542. The molecule has 0 aliphatic carbocycles. The normalized spacial score (nSPS) is 17.1. The van der Waals surface area contributed by atoms with Crippen molar-refractivity contribution in [1.82, 2.24) is 14.7 Å². The molecule has 1 N–H and O–H groups in total. The van der Waals surface area contributed by atoms with E-state index in [1.54, 1.807) is 0 Å². The first-order chi connectivity index (χ1) is 9.07. The van der Waals surface area contributed by atoms with Crippen LogP contribution >= 0.6 is 0 Å². The van der Waals surface area contributed by atoms with Crippen molar-refractivity contribution in [3.63, 3.8) is 0 Å². The Balaban J connectivity index is 2.09. The van der Waals surface area contributed by atoms with E-state index in [1.165, 1.54) is 11.2 Å². The van der Waals surface area contributed by atoms with Crippen LogP contribution in [-0.2, 0) is 5.41 Å². The highest BCUT2D eigenvalue weighted by molar-refractivity contribution is 5.73. The lowest BCUT2D eigenvalue weighted by Crippen LogP contribution is -2.43. The highest BCUT2D eigenvalue weighted by Gasteiger charge is 2.21. The Morgan fingerprint density at radius 3 is 2.63 bits per heavy atom. The fourth-order valence-corrected chi connectivity index (χ4v) is 2.74. The lowest BCUT2D eigenvalue weighted by atomic mass is 9.96. The molecule has 1 saturated heterocycles. The maximum Gasteiger partial charge on any atom is 0.118 e. The average Bonchev–Trinajstić information content (AvgIpc) is 2.83. The second-order valence-electron chi connectivity index (χ2n) is 6.22. The summed E-state index contributed by atoms with van der Waals surface area (Å²) in [6.07, 6.45) is 4.13. The van der Waals surface area contributed by atoms with Crippen LogP contribution in [0, 0.1) is 0 Å². The number of piperazine rings is 1. The van der Waals surface area contributed by atoms with Gasteiger partial charge in [-0.05, 0) is 12.1 Å². The van der Waals surface area contributed by atoms with Gasteiger partial charge in [0.1, 0.15) is 5.82 Å². The standard InChI is InChI=1S/C15H22N4/c1-15(2,3)14-17-11-13-12(5-4-8-19(13)14)18-9-6-16-7-10-18/h4-5,8,11,16H,6-7,9-10H2,1-3H3. The maximum atomic E-state index is 4.64. The molecule has 3 heterocycles. The number of rotatable bonds is 1. The number of anilines is 1. The van der Waals surface area contributed by atoms with Crippen LogP contribution in [0.15, 0.2) is 24.5 Å². The molecule has 2 aromatic heterocycles. The number of imidazole rings is 1. The van der Waals surface area contributed by atoms with Gasteiger partial charge in [-0.1, -0.05) is 20.8 Å². The first kappa shape index (κ1) is 12.5. The number of nitrogens with one attached hydrogen (secondary N) is 1. The molecule has 1 fully saturated rings. The Kier molecular flexibility index (Phi) is 2.97. The minimum Gasteiger partial charge on any atom is -0.367 e. The van der Waals surface area contributed by atoms with Crippen molar-refractivity contribution in [3.05, 3.63) is 30.4 Å². The molecule has 0 saturated carbocycles. The molecule has 1 aliphatic rings. The van der Waals surface area contributed by atoms with Crippen LogP contribution in [0.5, 0.6) is 0 Å². The summed E-state index contributed by atoms with van der Waals surface area (Å²) in [6, 6.07) is 4.33. The summed E-state index contributed by atoms with van der Waals surface area (Å²) >= 11 is 0. The number of pyridine rings is 1. The summed E-state index contributed by atoms with van der Waals surface area (Å²) in [5, 5.41) is 3.40. The van der Waals surface area contributed by atoms with Crippen LogP contribution in [-0.4, -0.2) is 35.6 Å². The summed E-state index contributed by atoms with van der Waals surface area (Å²) in [7, 11) is 0. The Hall–Kier alpha value is -1.55. The minimum absolute atomic E-state index is 0.0640. The topological polar surface area (TPSA) is 32.6 Å². The fourth-order valence-electron chi connectivity index (χ4n) is 2.74. The predicted molar refractivity (Wildman–Crippen MR) is 79.0 cm³/mol. The van der Waals surface area contributed by atoms with Gasteiger partial charge in [0.25, 0.3) is 0 Å². The first-order valence-electron chi connectivity index (χ1n) is 6.99. The molecule has 0 bridgehead atoms. The Morgan fingerprint density at radius 2 is 1.95 bits per heavy atom. The third-order valence-electron chi connectivity index (χ3n) is 3.68. The zero-order valence-corrected chi connectivity index (χ0v) is 12.0. The summed E-state index contributed by atoms with van der Waals surface area (Å²) in [5.41, 5.74) is 2.58. The van der Waals surface area contributed by atoms with E-state index >= 15 is 0 Å². The quantitative estimate of drug-likeness (QED) is 0.849. The van der Waals surface area contributed by atoms with Crippen molar-refractivity contribution in [2.75, 3.05) is 31.1 Å². The number of aromatic nitrogens is 2. The van der Waals surface area contributed by atoms with E-state index < -0.39 is 0 Å². The van der Waals surface area contributed by atoms with Crippen LogP contribution in [0.3, 0.4) is 0 Å². The molecule has 0 unspecified atom stereocenters. The predicted octanol–water partition coefficient (Wildman–Crippen LogP) is 2.04. The molecule has 102 valence electrons. The molecule has 3 rings (SSSR count). The zero-order chi connectivity index (χ0) is 13.5. The molecular weight excluding hydrogens is 236 g/mol. The monoisotopic (exact) mass is 258 g/mol. The third kappa shape index (κ3) is 2.21. The van der Waals surface area contributed by atoms with Crippen LogP contribution < -0.4 is 10.2 Å². The van der Waals surface area contributed by atoms with Gasteiger partial charge in [0, 0.05) is 37.8 Å². The fraction of sp³-hybridized carbons (Fsp3) is 0.533. The molecule has 0 radical (unpaired) electrons. The van der Waals surface area contributed by atoms with Crippen molar-refractivity contribution >= 4 is 11.2 Å². The molecule has 4 nitrogen and oxygen atoms in total. The SMILES string of the molecule is CC(C)(C)c1ncc2c(N3CCNCC3)cccn12. The molecule has 2 aromatic rings. The molecule has 0 aromatic carbocycles. The Labute approximate surface area is 114 Å². The second kappa shape index (κ2) is 4.53. The lowest BCUT2D eigenvalue weighted by Gasteiger charge is -2.30. The van der Waals surface area contributed by atoms with Crippen LogP contribution in [0.2, 0.25) is 0 Å². The Bertz CT molecular complexity index is 573. The first-order valence-corrected chi connectivity index (χ1v) is 6.99. The smallest absolute Gasteiger partial charge is 0.118 e. The van der Waals surface area contributed by atoms with Crippen LogP contribution in [0.25, 0.3) is 5.52 Å². The minimum atomic E-state index is 0.0640. The molecule has 0 spiro atoms. The summed E-state index contributed by atoms with van der Waals surface area (Å²) < 4.78 is 2.23. The van der Waals surface area contributed by atoms with E-state index in [2.05, 4.69) is 58.7 Å². The number of hydrogen-bond acceptors (Lipinski definition) is 3. The average molecular weight is 258 g/mol. The van der Waals surface area contributed by atoms with E-state index in [0.717, 1.165) is 32.0 Å². The zero-order valence-electron chi connectivity index (χ0n) is 12.0. The largest absolute Gasteiger partial charge is 0.367 e. The maximum absolute atomic E-state index is 4.64. The van der Waals surface area contributed by atoms with Crippen molar-refractivity contribution in [3.8, 4) is 0 Å². The summed E-state index contributed by atoms with van der Waals surface area (Å²) in [5.74, 6) is 1.12.